The number of aliphatic imine (C=N–C) groups is 1. The van der Waals surface area contributed by atoms with Crippen molar-refractivity contribution >= 4 is 16.9 Å². The molecule has 2 aliphatic heterocycles. The molecular formula is C10H19N3OS. The molecule has 2 aliphatic rings. The van der Waals surface area contributed by atoms with Gasteiger partial charge in [0, 0.05) is 18.8 Å². The van der Waals surface area contributed by atoms with Gasteiger partial charge in [0.2, 0.25) is 0 Å². The Labute approximate surface area is 95.4 Å². The number of hydrazine groups is 1. The third-order valence-electron chi connectivity index (χ3n) is 2.73. The van der Waals surface area contributed by atoms with Gasteiger partial charge in [-0.05, 0) is 12.8 Å². The Hall–Kier alpha value is -0.260. The van der Waals surface area contributed by atoms with Crippen LogP contribution in [0.15, 0.2) is 4.99 Å². The van der Waals surface area contributed by atoms with Crippen LogP contribution < -0.4 is 5.43 Å². The highest BCUT2D eigenvalue weighted by atomic mass is 32.2. The van der Waals surface area contributed by atoms with Crippen molar-refractivity contribution in [3.8, 4) is 0 Å². The Morgan fingerprint density at radius 3 is 3.07 bits per heavy atom. The first-order valence-corrected chi connectivity index (χ1v) is 6.67. The molecule has 5 heteroatoms. The summed E-state index contributed by atoms with van der Waals surface area (Å²) in [4.78, 5) is 4.68. The van der Waals surface area contributed by atoms with Crippen LogP contribution in [0.2, 0.25) is 0 Å². The molecule has 1 atom stereocenters. The zero-order chi connectivity index (χ0) is 10.5. The number of rotatable bonds is 2. The summed E-state index contributed by atoms with van der Waals surface area (Å²) in [5.74, 6) is 1.19. The summed E-state index contributed by atoms with van der Waals surface area (Å²) in [5, 5.41) is 3.29. The number of hydrogen-bond acceptors (Lipinski definition) is 5. The van der Waals surface area contributed by atoms with Crippen LogP contribution in [0.5, 0.6) is 0 Å². The maximum Gasteiger partial charge on any atom is 0.171 e. The van der Waals surface area contributed by atoms with Crippen LogP contribution in [0.25, 0.3) is 0 Å². The third kappa shape index (κ3) is 3.36. The molecule has 0 aromatic rings. The fraction of sp³-hybridized carbons (Fsp3) is 0.900. The van der Waals surface area contributed by atoms with Crippen molar-refractivity contribution in [1.82, 2.24) is 10.4 Å². The van der Waals surface area contributed by atoms with Gasteiger partial charge in [-0.25, -0.2) is 5.01 Å². The lowest BCUT2D eigenvalue weighted by Crippen LogP contribution is -2.48. The van der Waals surface area contributed by atoms with E-state index in [1.807, 2.05) is 11.8 Å². The third-order valence-corrected chi connectivity index (χ3v) is 3.64. The lowest BCUT2D eigenvalue weighted by atomic mass is 10.2. The van der Waals surface area contributed by atoms with Crippen LogP contribution >= 0.6 is 11.8 Å². The van der Waals surface area contributed by atoms with Gasteiger partial charge in [0.25, 0.3) is 0 Å². The molecule has 2 heterocycles. The summed E-state index contributed by atoms with van der Waals surface area (Å²) in [6.07, 6.45) is 2.37. The minimum atomic E-state index is 0.523. The first-order chi connectivity index (χ1) is 7.38. The van der Waals surface area contributed by atoms with Gasteiger partial charge in [-0.1, -0.05) is 18.7 Å². The SMILES string of the molecule is CCC1CCSC(NN2CCOCC2)=N1. The second-order valence-electron chi connectivity index (χ2n) is 3.84. The molecule has 0 amide bonds. The number of ether oxygens (including phenoxy) is 1. The molecule has 86 valence electrons. The van der Waals surface area contributed by atoms with E-state index < -0.39 is 0 Å². The van der Waals surface area contributed by atoms with Crippen molar-refractivity contribution in [2.24, 2.45) is 4.99 Å². The van der Waals surface area contributed by atoms with Gasteiger partial charge in [0.15, 0.2) is 5.17 Å². The van der Waals surface area contributed by atoms with Crippen molar-refractivity contribution in [2.75, 3.05) is 32.1 Å². The predicted octanol–water partition coefficient (Wildman–Crippen LogP) is 1.09. The second kappa shape index (κ2) is 5.72. The molecule has 2 rings (SSSR count). The van der Waals surface area contributed by atoms with E-state index in [1.165, 1.54) is 12.2 Å². The van der Waals surface area contributed by atoms with Crippen LogP contribution in [0.4, 0.5) is 0 Å². The van der Waals surface area contributed by atoms with E-state index in [-0.39, 0.29) is 0 Å². The van der Waals surface area contributed by atoms with Crippen LogP contribution in [0, 0.1) is 0 Å². The number of nitrogens with one attached hydrogen (secondary N) is 1. The molecule has 1 N–H and O–H groups in total. The fourth-order valence-electron chi connectivity index (χ4n) is 1.73. The molecule has 0 radical (unpaired) electrons. The number of morpholine rings is 1. The molecular weight excluding hydrogens is 210 g/mol. The lowest BCUT2D eigenvalue weighted by molar-refractivity contribution is 0.0253. The Morgan fingerprint density at radius 1 is 1.53 bits per heavy atom. The molecule has 4 nitrogen and oxygen atoms in total. The minimum absolute atomic E-state index is 0.523. The average molecular weight is 229 g/mol. The van der Waals surface area contributed by atoms with Gasteiger partial charge in [-0.3, -0.25) is 10.4 Å². The Kier molecular flexibility index (Phi) is 4.29. The van der Waals surface area contributed by atoms with Crippen LogP contribution in [0.1, 0.15) is 19.8 Å². The Morgan fingerprint density at radius 2 is 2.33 bits per heavy atom. The van der Waals surface area contributed by atoms with Crippen LogP contribution in [-0.2, 0) is 4.74 Å². The Balaban J connectivity index is 1.84. The van der Waals surface area contributed by atoms with Gasteiger partial charge >= 0.3 is 0 Å². The summed E-state index contributed by atoms with van der Waals surface area (Å²) in [5.41, 5.74) is 3.39. The highest BCUT2D eigenvalue weighted by Crippen LogP contribution is 2.18. The maximum absolute atomic E-state index is 5.30. The van der Waals surface area contributed by atoms with Crippen molar-refractivity contribution < 1.29 is 4.74 Å². The van der Waals surface area contributed by atoms with E-state index in [4.69, 9.17) is 4.74 Å². The quantitative estimate of drug-likeness (QED) is 0.769. The first kappa shape index (κ1) is 11.2. The molecule has 0 spiro atoms. The minimum Gasteiger partial charge on any atom is -0.379 e. The highest BCUT2D eigenvalue weighted by molar-refractivity contribution is 8.13. The van der Waals surface area contributed by atoms with Gasteiger partial charge in [0.05, 0.1) is 19.3 Å². The van der Waals surface area contributed by atoms with Crippen molar-refractivity contribution in [1.29, 1.82) is 0 Å². The molecule has 1 saturated heterocycles. The van der Waals surface area contributed by atoms with Gasteiger partial charge in [-0.15, -0.1) is 0 Å². The Bertz CT molecular complexity index is 229. The van der Waals surface area contributed by atoms with Gasteiger partial charge in [-0.2, -0.15) is 0 Å². The standard InChI is InChI=1S/C10H19N3OS/c1-2-9-3-8-15-10(11-9)12-13-4-6-14-7-5-13/h9H,2-8H2,1H3,(H,11,12). The van der Waals surface area contributed by atoms with Crippen LogP contribution in [0.3, 0.4) is 0 Å². The average Bonchev–Trinajstić information content (AvgIpc) is 2.31. The maximum atomic E-state index is 5.30. The molecule has 0 aromatic heterocycles. The van der Waals surface area contributed by atoms with Crippen molar-refractivity contribution in [3.63, 3.8) is 0 Å². The van der Waals surface area contributed by atoms with Crippen molar-refractivity contribution in [2.45, 2.75) is 25.8 Å². The topological polar surface area (TPSA) is 36.9 Å². The molecule has 0 aliphatic carbocycles. The highest BCUT2D eigenvalue weighted by Gasteiger charge is 2.17. The molecule has 0 saturated carbocycles. The molecule has 0 bridgehead atoms. The largest absolute Gasteiger partial charge is 0.379 e. The summed E-state index contributed by atoms with van der Waals surface area (Å²) in [6, 6.07) is 0.523. The number of amidine groups is 1. The van der Waals surface area contributed by atoms with E-state index in [1.54, 1.807) is 0 Å². The molecule has 1 fully saturated rings. The fourth-order valence-corrected chi connectivity index (χ4v) is 2.73. The zero-order valence-corrected chi connectivity index (χ0v) is 10.1. The van der Waals surface area contributed by atoms with Crippen LogP contribution in [-0.4, -0.2) is 48.3 Å². The summed E-state index contributed by atoms with van der Waals surface area (Å²) in [7, 11) is 0. The summed E-state index contributed by atoms with van der Waals surface area (Å²) < 4.78 is 5.30. The number of hydrogen-bond donors (Lipinski definition) is 1. The number of nitrogens with zero attached hydrogens (tertiary/aromatic N) is 2. The van der Waals surface area contributed by atoms with Crippen molar-refractivity contribution in [3.05, 3.63) is 0 Å². The van der Waals surface area contributed by atoms with E-state index in [2.05, 4.69) is 22.4 Å². The number of thioether (sulfide) groups is 1. The predicted molar refractivity (Wildman–Crippen MR) is 64.1 cm³/mol. The van der Waals surface area contributed by atoms with Gasteiger partial charge < -0.3 is 4.74 Å². The zero-order valence-electron chi connectivity index (χ0n) is 9.24. The smallest absolute Gasteiger partial charge is 0.171 e. The lowest BCUT2D eigenvalue weighted by Gasteiger charge is -2.30. The summed E-state index contributed by atoms with van der Waals surface area (Å²) in [6.45, 7) is 5.76. The normalized spacial score (nSPS) is 28.6. The van der Waals surface area contributed by atoms with E-state index >= 15 is 0 Å². The van der Waals surface area contributed by atoms with Gasteiger partial charge in [0.1, 0.15) is 0 Å². The van der Waals surface area contributed by atoms with E-state index in [0.29, 0.717) is 6.04 Å². The second-order valence-corrected chi connectivity index (χ2v) is 4.93. The monoisotopic (exact) mass is 229 g/mol. The van der Waals surface area contributed by atoms with E-state index in [9.17, 15) is 0 Å². The molecule has 1 unspecified atom stereocenters. The molecule has 0 aromatic carbocycles. The molecule has 15 heavy (non-hydrogen) atoms. The summed E-state index contributed by atoms with van der Waals surface area (Å²) >= 11 is 1.83. The van der Waals surface area contributed by atoms with E-state index in [0.717, 1.165) is 37.9 Å². The first-order valence-electron chi connectivity index (χ1n) is 5.68.